The van der Waals surface area contributed by atoms with Gasteiger partial charge in [-0.25, -0.2) is 4.39 Å². The summed E-state index contributed by atoms with van der Waals surface area (Å²) >= 11 is 0. The molecule has 1 aliphatic rings. The van der Waals surface area contributed by atoms with E-state index in [-0.39, 0.29) is 11.4 Å². The van der Waals surface area contributed by atoms with E-state index in [1.165, 1.54) is 17.7 Å². The molecule has 21 heavy (non-hydrogen) atoms. The molecule has 2 aromatic carbocycles. The van der Waals surface area contributed by atoms with Gasteiger partial charge in [-0.1, -0.05) is 24.3 Å². The Morgan fingerprint density at radius 3 is 2.86 bits per heavy atom. The molecule has 3 rings (SSSR count). The minimum Gasteiger partial charge on any atom is -0.487 e. The Kier molecular flexibility index (Phi) is 3.36. The number of aryl methyl sites for hydroxylation is 1. The second kappa shape index (κ2) is 5.06. The summed E-state index contributed by atoms with van der Waals surface area (Å²) in [6, 6.07) is 11.0. The quantitative estimate of drug-likeness (QED) is 0.899. The van der Waals surface area contributed by atoms with E-state index in [1.54, 1.807) is 6.07 Å². The van der Waals surface area contributed by atoms with Crippen LogP contribution in [0.1, 0.15) is 30.5 Å². The van der Waals surface area contributed by atoms with Crippen LogP contribution in [0, 0.1) is 12.7 Å². The maximum Gasteiger partial charge on any atom is 0.128 e. The van der Waals surface area contributed by atoms with Gasteiger partial charge in [0.1, 0.15) is 17.2 Å². The van der Waals surface area contributed by atoms with Crippen molar-refractivity contribution >= 4 is 5.69 Å². The fraction of sp³-hybridized carbons (Fsp3) is 0.333. The Hall–Kier alpha value is -2.03. The zero-order valence-corrected chi connectivity index (χ0v) is 12.7. The number of para-hydroxylation sites is 1. The lowest BCUT2D eigenvalue weighted by molar-refractivity contribution is 0.137. The number of ether oxygens (including phenoxy) is 1. The molecule has 0 atom stereocenters. The van der Waals surface area contributed by atoms with Crippen molar-refractivity contribution in [3.05, 3.63) is 58.9 Å². The third kappa shape index (κ3) is 2.87. The molecule has 0 fully saturated rings. The Balaban J connectivity index is 1.81. The Morgan fingerprint density at radius 2 is 2.05 bits per heavy atom. The maximum absolute atomic E-state index is 13.3. The lowest BCUT2D eigenvalue weighted by Crippen LogP contribution is -2.25. The van der Waals surface area contributed by atoms with Crippen molar-refractivity contribution in [3.63, 3.8) is 0 Å². The van der Waals surface area contributed by atoms with Crippen molar-refractivity contribution in [1.29, 1.82) is 0 Å². The lowest BCUT2D eigenvalue weighted by Gasteiger charge is -2.18. The highest BCUT2D eigenvalue weighted by Gasteiger charge is 2.31. The molecule has 0 aromatic heterocycles. The first kappa shape index (κ1) is 13.9. The Morgan fingerprint density at radius 1 is 1.24 bits per heavy atom. The fourth-order valence-corrected chi connectivity index (χ4v) is 2.79. The Bertz CT molecular complexity index is 679. The number of halogens is 1. The number of benzene rings is 2. The van der Waals surface area contributed by atoms with Crippen LogP contribution in [0.25, 0.3) is 0 Å². The molecular weight excluding hydrogens is 265 g/mol. The molecule has 110 valence electrons. The van der Waals surface area contributed by atoms with Gasteiger partial charge < -0.3 is 10.1 Å². The van der Waals surface area contributed by atoms with Crippen molar-refractivity contribution < 1.29 is 9.13 Å². The molecule has 2 aromatic rings. The van der Waals surface area contributed by atoms with Gasteiger partial charge in [0.15, 0.2) is 0 Å². The van der Waals surface area contributed by atoms with E-state index in [2.05, 4.69) is 37.4 Å². The molecule has 1 N–H and O–H groups in total. The van der Waals surface area contributed by atoms with E-state index < -0.39 is 0 Å². The molecule has 3 heteroatoms. The van der Waals surface area contributed by atoms with Gasteiger partial charge in [-0.15, -0.1) is 0 Å². The molecule has 0 saturated heterocycles. The largest absolute Gasteiger partial charge is 0.487 e. The van der Waals surface area contributed by atoms with Gasteiger partial charge >= 0.3 is 0 Å². The standard InChI is InChI=1S/C18H20FNO/c1-12-7-8-15(19)9-16(12)20-11-14-6-4-5-13-10-18(2,3)21-17(13)14/h4-9,20H,10-11H2,1-3H3. The van der Waals surface area contributed by atoms with Crippen LogP contribution in [0.5, 0.6) is 5.75 Å². The van der Waals surface area contributed by atoms with Crippen molar-refractivity contribution in [2.75, 3.05) is 5.32 Å². The number of rotatable bonds is 3. The van der Waals surface area contributed by atoms with Crippen LogP contribution in [-0.4, -0.2) is 5.60 Å². The predicted molar refractivity (Wildman–Crippen MR) is 83.3 cm³/mol. The molecule has 0 unspecified atom stereocenters. The van der Waals surface area contributed by atoms with E-state index in [0.717, 1.165) is 29.0 Å². The average Bonchev–Trinajstić information content (AvgIpc) is 2.74. The van der Waals surface area contributed by atoms with E-state index in [9.17, 15) is 4.39 Å². The van der Waals surface area contributed by atoms with E-state index in [0.29, 0.717) is 6.54 Å². The zero-order valence-electron chi connectivity index (χ0n) is 12.7. The summed E-state index contributed by atoms with van der Waals surface area (Å²) in [6.07, 6.45) is 0.926. The fourth-order valence-electron chi connectivity index (χ4n) is 2.79. The van der Waals surface area contributed by atoms with Gasteiger partial charge in [-0.2, -0.15) is 0 Å². The zero-order chi connectivity index (χ0) is 15.0. The third-order valence-electron chi connectivity index (χ3n) is 3.84. The van der Waals surface area contributed by atoms with Gasteiger partial charge in [0.25, 0.3) is 0 Å². The molecule has 0 saturated carbocycles. The van der Waals surface area contributed by atoms with Crippen molar-refractivity contribution in [2.45, 2.75) is 39.3 Å². The van der Waals surface area contributed by atoms with E-state index in [1.807, 2.05) is 6.92 Å². The van der Waals surface area contributed by atoms with E-state index in [4.69, 9.17) is 4.74 Å². The first-order valence-corrected chi connectivity index (χ1v) is 7.24. The van der Waals surface area contributed by atoms with Gasteiger partial charge in [-0.3, -0.25) is 0 Å². The Labute approximate surface area is 125 Å². The number of hydrogen-bond donors (Lipinski definition) is 1. The van der Waals surface area contributed by atoms with Crippen molar-refractivity contribution in [1.82, 2.24) is 0 Å². The van der Waals surface area contributed by atoms with Crippen LogP contribution in [0.2, 0.25) is 0 Å². The van der Waals surface area contributed by atoms with Crippen LogP contribution in [-0.2, 0) is 13.0 Å². The summed E-state index contributed by atoms with van der Waals surface area (Å²) in [5.74, 6) is 0.753. The van der Waals surface area contributed by atoms with Crippen LogP contribution < -0.4 is 10.1 Å². The normalized spacial score (nSPS) is 15.4. The molecule has 0 amide bonds. The average molecular weight is 285 g/mol. The molecule has 2 nitrogen and oxygen atoms in total. The summed E-state index contributed by atoms with van der Waals surface area (Å²) < 4.78 is 19.4. The third-order valence-corrected chi connectivity index (χ3v) is 3.84. The minimum absolute atomic E-state index is 0.146. The molecule has 0 radical (unpaired) electrons. The van der Waals surface area contributed by atoms with Crippen LogP contribution in [0.3, 0.4) is 0 Å². The van der Waals surface area contributed by atoms with Crippen LogP contribution in [0.15, 0.2) is 36.4 Å². The van der Waals surface area contributed by atoms with Crippen LogP contribution >= 0.6 is 0 Å². The second-order valence-corrected chi connectivity index (χ2v) is 6.26. The number of fused-ring (bicyclic) bond motifs is 1. The first-order chi connectivity index (χ1) is 9.94. The summed E-state index contributed by atoms with van der Waals surface area (Å²) in [6.45, 7) is 6.79. The van der Waals surface area contributed by atoms with Gasteiger partial charge in [0.05, 0.1) is 0 Å². The van der Waals surface area contributed by atoms with Gasteiger partial charge in [0.2, 0.25) is 0 Å². The summed E-state index contributed by atoms with van der Waals surface area (Å²) in [5.41, 5.74) is 4.07. The molecule has 0 bridgehead atoms. The number of nitrogens with one attached hydrogen (secondary N) is 1. The lowest BCUT2D eigenvalue weighted by atomic mass is 10.0. The summed E-state index contributed by atoms with van der Waals surface area (Å²) in [7, 11) is 0. The van der Waals surface area contributed by atoms with Crippen LogP contribution in [0.4, 0.5) is 10.1 Å². The summed E-state index contributed by atoms with van der Waals surface area (Å²) in [5, 5.41) is 3.31. The second-order valence-electron chi connectivity index (χ2n) is 6.26. The molecule has 1 heterocycles. The molecule has 0 spiro atoms. The predicted octanol–water partition coefficient (Wildman–Crippen LogP) is 4.46. The minimum atomic E-state index is -0.223. The molecular formula is C18H20FNO. The highest BCUT2D eigenvalue weighted by molar-refractivity contribution is 5.53. The molecule has 1 aliphatic heterocycles. The monoisotopic (exact) mass is 285 g/mol. The topological polar surface area (TPSA) is 21.3 Å². The first-order valence-electron chi connectivity index (χ1n) is 7.24. The summed E-state index contributed by atoms with van der Waals surface area (Å²) in [4.78, 5) is 0. The van der Waals surface area contributed by atoms with Gasteiger partial charge in [-0.05, 0) is 44.0 Å². The number of anilines is 1. The van der Waals surface area contributed by atoms with Crippen molar-refractivity contribution in [3.8, 4) is 5.75 Å². The maximum atomic E-state index is 13.3. The number of hydrogen-bond acceptors (Lipinski definition) is 2. The van der Waals surface area contributed by atoms with Crippen molar-refractivity contribution in [2.24, 2.45) is 0 Å². The van der Waals surface area contributed by atoms with E-state index >= 15 is 0 Å². The highest BCUT2D eigenvalue weighted by Crippen LogP contribution is 2.37. The van der Waals surface area contributed by atoms with Gasteiger partial charge in [0, 0.05) is 24.2 Å². The molecule has 0 aliphatic carbocycles. The SMILES string of the molecule is Cc1ccc(F)cc1NCc1cccc2c1OC(C)(C)C2. The smallest absolute Gasteiger partial charge is 0.128 e. The highest BCUT2D eigenvalue weighted by atomic mass is 19.1.